The van der Waals surface area contributed by atoms with Crippen molar-refractivity contribution in [2.75, 3.05) is 26.2 Å². The lowest BCUT2D eigenvalue weighted by Gasteiger charge is -2.36. The van der Waals surface area contributed by atoms with Crippen LogP contribution in [0, 0.1) is 0 Å². The third-order valence-electron chi connectivity index (χ3n) is 4.00. The zero-order chi connectivity index (χ0) is 13.9. The van der Waals surface area contributed by atoms with Gasteiger partial charge in [-0.2, -0.15) is 13.2 Å². The highest BCUT2D eigenvalue weighted by atomic mass is 19.4. The Balaban J connectivity index is 1.93. The van der Waals surface area contributed by atoms with Crippen molar-refractivity contribution in [3.8, 4) is 0 Å². The summed E-state index contributed by atoms with van der Waals surface area (Å²) >= 11 is 0. The van der Waals surface area contributed by atoms with E-state index in [1.54, 1.807) is 4.90 Å². The minimum atomic E-state index is -4.14. The highest BCUT2D eigenvalue weighted by Crippen LogP contribution is 2.25. The van der Waals surface area contributed by atoms with Gasteiger partial charge in [-0.25, -0.2) is 0 Å². The summed E-state index contributed by atoms with van der Waals surface area (Å²) < 4.78 is 37.0. The first-order chi connectivity index (χ1) is 8.97. The Kier molecular flexibility index (Phi) is 4.71. The van der Waals surface area contributed by atoms with E-state index in [9.17, 15) is 18.0 Å². The van der Waals surface area contributed by atoms with Gasteiger partial charge in [0.05, 0.1) is 12.5 Å². The molecule has 1 atom stereocenters. The molecule has 0 aromatic heterocycles. The van der Waals surface area contributed by atoms with Crippen molar-refractivity contribution in [1.82, 2.24) is 9.80 Å². The van der Waals surface area contributed by atoms with Gasteiger partial charge in [-0.3, -0.25) is 9.69 Å². The summed E-state index contributed by atoms with van der Waals surface area (Å²) in [6.45, 7) is 2.10. The van der Waals surface area contributed by atoms with Gasteiger partial charge in [0.2, 0.25) is 5.91 Å². The minimum Gasteiger partial charge on any atom is -0.341 e. The van der Waals surface area contributed by atoms with E-state index in [-0.39, 0.29) is 18.5 Å². The summed E-state index contributed by atoms with van der Waals surface area (Å²) in [6, 6.07) is -0.325. The Labute approximate surface area is 111 Å². The molecule has 1 amide bonds. The molecule has 0 N–H and O–H groups in total. The molecule has 0 aromatic carbocycles. The first kappa shape index (κ1) is 14.6. The number of piperidine rings is 1. The second-order valence-electron chi connectivity index (χ2n) is 5.45. The third-order valence-corrected chi connectivity index (χ3v) is 4.00. The molecule has 0 aromatic rings. The molecule has 0 spiro atoms. The number of carbonyl (C=O) groups excluding carboxylic acids is 1. The van der Waals surface area contributed by atoms with Crippen molar-refractivity contribution in [3.05, 3.63) is 0 Å². The van der Waals surface area contributed by atoms with Gasteiger partial charge in [0.1, 0.15) is 0 Å². The summed E-state index contributed by atoms with van der Waals surface area (Å²) in [5, 5.41) is 0. The molecule has 2 heterocycles. The predicted octanol–water partition coefficient (Wildman–Crippen LogP) is 2.42. The fraction of sp³-hybridized carbons (Fsp3) is 0.923. The van der Waals surface area contributed by atoms with Gasteiger partial charge in [0, 0.05) is 19.6 Å². The predicted molar refractivity (Wildman–Crippen MR) is 65.7 cm³/mol. The Morgan fingerprint density at radius 3 is 2.32 bits per heavy atom. The first-order valence-corrected chi connectivity index (χ1v) is 7.07. The van der Waals surface area contributed by atoms with Crippen molar-refractivity contribution in [3.63, 3.8) is 0 Å². The van der Waals surface area contributed by atoms with Crippen LogP contribution in [0.15, 0.2) is 0 Å². The molecule has 110 valence electrons. The van der Waals surface area contributed by atoms with Crippen molar-refractivity contribution in [2.24, 2.45) is 0 Å². The maximum Gasteiger partial charge on any atom is 0.390 e. The lowest BCUT2D eigenvalue weighted by molar-refractivity contribution is -0.147. The molecule has 2 rings (SSSR count). The molecule has 19 heavy (non-hydrogen) atoms. The molecule has 0 saturated carbocycles. The topological polar surface area (TPSA) is 23.6 Å². The van der Waals surface area contributed by atoms with E-state index >= 15 is 0 Å². The summed E-state index contributed by atoms with van der Waals surface area (Å²) in [5.41, 5.74) is 0. The smallest absolute Gasteiger partial charge is 0.341 e. The molecule has 2 aliphatic rings. The molecule has 6 heteroatoms. The molecular weight excluding hydrogens is 257 g/mol. The summed E-state index contributed by atoms with van der Waals surface area (Å²) in [5.74, 6) is 0.0411. The normalized spacial score (nSPS) is 25.8. The molecule has 0 radical (unpaired) electrons. The largest absolute Gasteiger partial charge is 0.390 e. The number of hydrogen-bond donors (Lipinski definition) is 0. The van der Waals surface area contributed by atoms with Gasteiger partial charge in [0.25, 0.3) is 0 Å². The minimum absolute atomic E-state index is 0.0411. The number of alkyl halides is 3. The molecule has 0 aliphatic carbocycles. The lowest BCUT2D eigenvalue weighted by atomic mass is 10.0. The zero-order valence-corrected chi connectivity index (χ0v) is 11.1. The number of likely N-dealkylation sites (tertiary alicyclic amines) is 2. The standard InChI is InChI=1S/C13H21F3N2O/c14-13(15,16)6-10-17-7-2-1-5-11(17)12(19)18-8-3-4-9-18/h11H,1-10H2. The van der Waals surface area contributed by atoms with Gasteiger partial charge in [0.15, 0.2) is 0 Å². The van der Waals surface area contributed by atoms with Crippen LogP contribution < -0.4 is 0 Å². The average molecular weight is 278 g/mol. The SMILES string of the molecule is O=C(C1CCCCN1CCC(F)(F)F)N1CCCC1. The highest BCUT2D eigenvalue weighted by molar-refractivity contribution is 5.82. The van der Waals surface area contributed by atoms with Crippen LogP contribution in [0.2, 0.25) is 0 Å². The van der Waals surface area contributed by atoms with E-state index in [4.69, 9.17) is 0 Å². The van der Waals surface area contributed by atoms with Gasteiger partial charge < -0.3 is 4.90 Å². The summed E-state index contributed by atoms with van der Waals surface area (Å²) in [6.07, 6.45) is -0.404. The number of amides is 1. The maximum absolute atomic E-state index is 12.3. The third kappa shape index (κ3) is 4.09. The molecule has 0 bridgehead atoms. The number of carbonyl (C=O) groups is 1. The van der Waals surface area contributed by atoms with E-state index in [1.807, 2.05) is 4.90 Å². The fourth-order valence-electron chi connectivity index (χ4n) is 2.96. The Morgan fingerprint density at radius 1 is 1.05 bits per heavy atom. The molecule has 2 saturated heterocycles. The number of nitrogens with zero attached hydrogens (tertiary/aromatic N) is 2. The van der Waals surface area contributed by atoms with Crippen LogP contribution in [0.5, 0.6) is 0 Å². The zero-order valence-electron chi connectivity index (χ0n) is 11.1. The van der Waals surface area contributed by atoms with Crippen LogP contribution in [0.25, 0.3) is 0 Å². The second-order valence-corrected chi connectivity index (χ2v) is 5.45. The number of hydrogen-bond acceptors (Lipinski definition) is 2. The molecule has 3 nitrogen and oxygen atoms in total. The number of rotatable bonds is 3. The summed E-state index contributed by atoms with van der Waals surface area (Å²) in [7, 11) is 0. The van der Waals surface area contributed by atoms with E-state index in [0.29, 0.717) is 13.0 Å². The van der Waals surface area contributed by atoms with Crippen LogP contribution in [0.3, 0.4) is 0 Å². The Hall–Kier alpha value is -0.780. The van der Waals surface area contributed by atoms with Gasteiger partial charge in [-0.15, -0.1) is 0 Å². The van der Waals surface area contributed by atoms with Gasteiger partial charge >= 0.3 is 6.18 Å². The first-order valence-electron chi connectivity index (χ1n) is 7.07. The second kappa shape index (κ2) is 6.11. The van der Waals surface area contributed by atoms with Crippen molar-refractivity contribution in [1.29, 1.82) is 0 Å². The van der Waals surface area contributed by atoms with Crippen LogP contribution in [-0.2, 0) is 4.79 Å². The van der Waals surface area contributed by atoms with Crippen molar-refractivity contribution in [2.45, 2.75) is 50.7 Å². The fourth-order valence-corrected chi connectivity index (χ4v) is 2.96. The van der Waals surface area contributed by atoms with Gasteiger partial charge in [-0.1, -0.05) is 6.42 Å². The number of halogens is 3. The van der Waals surface area contributed by atoms with E-state index in [0.717, 1.165) is 38.8 Å². The van der Waals surface area contributed by atoms with Crippen LogP contribution in [-0.4, -0.2) is 54.1 Å². The van der Waals surface area contributed by atoms with Crippen LogP contribution in [0.4, 0.5) is 13.2 Å². The van der Waals surface area contributed by atoms with Crippen molar-refractivity contribution < 1.29 is 18.0 Å². The van der Waals surface area contributed by atoms with Crippen molar-refractivity contribution >= 4 is 5.91 Å². The van der Waals surface area contributed by atoms with E-state index in [1.165, 1.54) is 0 Å². The molecule has 1 unspecified atom stereocenters. The monoisotopic (exact) mass is 278 g/mol. The highest BCUT2D eigenvalue weighted by Gasteiger charge is 2.35. The molecule has 2 fully saturated rings. The average Bonchev–Trinajstić information content (AvgIpc) is 2.89. The Morgan fingerprint density at radius 2 is 1.68 bits per heavy atom. The van der Waals surface area contributed by atoms with Crippen LogP contribution >= 0.6 is 0 Å². The lowest BCUT2D eigenvalue weighted by Crippen LogP contribution is -2.51. The van der Waals surface area contributed by atoms with E-state index < -0.39 is 12.6 Å². The quantitative estimate of drug-likeness (QED) is 0.791. The molecular formula is C13H21F3N2O. The summed E-state index contributed by atoms with van der Waals surface area (Å²) in [4.78, 5) is 15.9. The van der Waals surface area contributed by atoms with Crippen LogP contribution in [0.1, 0.15) is 38.5 Å². The maximum atomic E-state index is 12.3. The molecule has 2 aliphatic heterocycles. The Bertz CT molecular complexity index is 314. The van der Waals surface area contributed by atoms with E-state index in [2.05, 4.69) is 0 Å². The van der Waals surface area contributed by atoms with Gasteiger partial charge in [-0.05, 0) is 32.2 Å².